The molecule has 3 aromatic rings. The van der Waals surface area contributed by atoms with E-state index in [1.165, 1.54) is 6.08 Å². The van der Waals surface area contributed by atoms with Crippen LogP contribution in [0.1, 0.15) is 96.7 Å². The molecule has 0 saturated carbocycles. The highest BCUT2D eigenvalue weighted by atomic mass is 35.5. The molecule has 4 aliphatic rings. The molecule has 0 unspecified atom stereocenters. The number of carboxylic acids is 3. The lowest BCUT2D eigenvalue weighted by atomic mass is 10.0. The molecule has 0 aliphatic carbocycles. The fourth-order valence-corrected chi connectivity index (χ4v) is 12.9. The van der Waals surface area contributed by atoms with Gasteiger partial charge in [-0.25, -0.2) is 0 Å². The molecule has 0 spiro atoms. The van der Waals surface area contributed by atoms with Crippen molar-refractivity contribution in [2.75, 3.05) is 115 Å². The van der Waals surface area contributed by atoms with Crippen LogP contribution in [-0.2, 0) is 36.9 Å². The third-order valence-electron chi connectivity index (χ3n) is 17.0. The van der Waals surface area contributed by atoms with Gasteiger partial charge in [0.25, 0.3) is 0 Å². The minimum Gasteiger partial charge on any atom is -0.480 e. The number of unbranched alkanes of at least 4 members (excludes halogenated alkanes) is 1. The van der Waals surface area contributed by atoms with Crippen LogP contribution in [0.4, 0.5) is 11.5 Å². The second-order valence-electron chi connectivity index (χ2n) is 22.1. The van der Waals surface area contributed by atoms with Crippen molar-refractivity contribution in [3.8, 4) is 12.1 Å². The molecule has 21 nitrogen and oxygen atoms in total. The molecule has 4 aliphatic heterocycles. The molecule has 1 aromatic heterocycles. The van der Waals surface area contributed by atoms with Crippen molar-refractivity contribution in [1.82, 2.24) is 44.7 Å². The van der Waals surface area contributed by atoms with Crippen LogP contribution >= 0.6 is 11.6 Å². The Bertz CT molecular complexity index is 2680. The highest BCUT2D eigenvalue weighted by molar-refractivity contribution is 6.36. The maximum absolute atomic E-state index is 14.0. The number of nitrogens with zero attached hydrogens (tertiary/aromatic N) is 11. The highest BCUT2D eigenvalue weighted by Gasteiger charge is 2.37. The standard InChI is InChI=1S/C59H85ClN12O9/c1-6-42-31-69(37-54(75)76)44(8-3)33-71(39-56(79)80)45(9-4)32-70(38-55(77)78)43(7-2)30-68(42)36-52(73)62-24-11-12-25-65-26-15-18-47(65)40-81-59-63-50-35-66(51-20-14-17-41-16-13-19-49(60)57(41)51)27-22-48(50)58(64-59)67-28-29-72(53(74)10-5)46(34-67)21-23-61/h10,13-14,16-17,19-20,42-47H,5-9,11-12,15,18,21-22,24-40H2,1-4H3,(H,62,73)(H,75,76)(H,77,78)(H,79,80)/t42-,43-,44-,45-,46-,47-/m1/s1. The lowest BCUT2D eigenvalue weighted by Gasteiger charge is -2.45. The number of benzene rings is 2. The third-order valence-corrected chi connectivity index (χ3v) is 17.3. The zero-order valence-electron chi connectivity index (χ0n) is 47.9. The van der Waals surface area contributed by atoms with Crippen LogP contribution in [0.5, 0.6) is 6.01 Å². The van der Waals surface area contributed by atoms with E-state index in [1.807, 2.05) is 60.6 Å². The summed E-state index contributed by atoms with van der Waals surface area (Å²) in [6.07, 6.45) is 8.00. The molecule has 2 amide bonds. The predicted octanol–water partition coefficient (Wildman–Crippen LogP) is 5.29. The molecule has 0 radical (unpaired) electrons. The summed E-state index contributed by atoms with van der Waals surface area (Å²) >= 11 is 6.82. The number of aliphatic carboxylic acids is 3. The molecule has 81 heavy (non-hydrogen) atoms. The Balaban J connectivity index is 1.01. The summed E-state index contributed by atoms with van der Waals surface area (Å²) in [6.45, 7) is 17.4. The number of aromatic nitrogens is 2. The number of halogens is 1. The molecule has 22 heteroatoms. The normalized spacial score (nSPS) is 23.0. The second-order valence-corrected chi connectivity index (χ2v) is 22.5. The van der Waals surface area contributed by atoms with E-state index in [4.69, 9.17) is 26.3 Å². The van der Waals surface area contributed by atoms with Gasteiger partial charge in [-0.05, 0) is 94.5 Å². The number of nitrogens with one attached hydrogen (secondary N) is 1. The van der Waals surface area contributed by atoms with Gasteiger partial charge in [-0.2, -0.15) is 15.2 Å². The predicted molar refractivity (Wildman–Crippen MR) is 312 cm³/mol. The van der Waals surface area contributed by atoms with E-state index in [2.05, 4.69) is 55.8 Å². The van der Waals surface area contributed by atoms with Gasteiger partial charge in [-0.15, -0.1) is 0 Å². The van der Waals surface area contributed by atoms with Crippen molar-refractivity contribution < 1.29 is 44.0 Å². The SMILES string of the molecule is C=CC(=O)N1CCN(c2nc(OC[C@H]3CCCN3CCCCNC(=O)CN3C[C@@H](CC)N(CC(=O)O)C[C@@H](CC)N(CC(=O)O)C[C@@H](CC)N(CC(=O)O)C[C@H]3CC)nc3c2CCN(c2cccc4cccc(Cl)c24)C3)C[C@H]1CC#N. The van der Waals surface area contributed by atoms with Crippen molar-refractivity contribution in [1.29, 1.82) is 5.26 Å². The van der Waals surface area contributed by atoms with Crippen molar-refractivity contribution in [3.63, 3.8) is 0 Å². The fraction of sp³-hybridized carbons (Fsp3) is 0.627. The van der Waals surface area contributed by atoms with Crippen LogP contribution in [0.3, 0.4) is 0 Å². The topological polar surface area (TPSA) is 243 Å². The zero-order chi connectivity index (χ0) is 58.2. The Morgan fingerprint density at radius 3 is 1.89 bits per heavy atom. The smallest absolute Gasteiger partial charge is 0.318 e. The van der Waals surface area contributed by atoms with Crippen molar-refractivity contribution in [2.45, 2.75) is 135 Å². The van der Waals surface area contributed by atoms with E-state index in [0.717, 1.165) is 72.3 Å². The van der Waals surface area contributed by atoms with Crippen molar-refractivity contribution in [2.24, 2.45) is 0 Å². The van der Waals surface area contributed by atoms with Gasteiger partial charge < -0.3 is 40.1 Å². The van der Waals surface area contributed by atoms with Gasteiger partial charge in [0.1, 0.15) is 12.4 Å². The molecule has 7 rings (SSSR count). The molecule has 5 heterocycles. The Morgan fingerprint density at radius 2 is 1.32 bits per heavy atom. The molecule has 3 saturated heterocycles. The largest absolute Gasteiger partial charge is 0.480 e. The number of ether oxygens (including phenoxy) is 1. The third kappa shape index (κ3) is 16.5. The second kappa shape index (κ2) is 30.2. The monoisotopic (exact) mass is 1140 g/mol. The minimum absolute atomic E-state index is 0.0508. The molecule has 4 N–H and O–H groups in total. The molecule has 2 aromatic carbocycles. The quantitative estimate of drug-likeness (QED) is 0.0658. The summed E-state index contributed by atoms with van der Waals surface area (Å²) in [5.74, 6) is -2.57. The first-order valence-corrected chi connectivity index (χ1v) is 29.6. The van der Waals surface area contributed by atoms with Gasteiger partial charge >= 0.3 is 23.9 Å². The fourth-order valence-electron chi connectivity index (χ4n) is 12.6. The summed E-state index contributed by atoms with van der Waals surface area (Å²) in [7, 11) is 0. The number of rotatable bonds is 24. The van der Waals surface area contributed by atoms with Gasteiger partial charge in [-0.1, -0.05) is 70.1 Å². The van der Waals surface area contributed by atoms with Crippen LogP contribution < -0.4 is 19.9 Å². The van der Waals surface area contributed by atoms with Gasteiger partial charge in [0.2, 0.25) is 11.8 Å². The number of piperazine rings is 1. The summed E-state index contributed by atoms with van der Waals surface area (Å²) < 4.78 is 6.59. The van der Waals surface area contributed by atoms with Gasteiger partial charge in [0.15, 0.2) is 0 Å². The maximum Gasteiger partial charge on any atom is 0.318 e. The summed E-state index contributed by atoms with van der Waals surface area (Å²) in [5, 5.41) is 45.9. The lowest BCUT2D eigenvalue weighted by Crippen LogP contribution is -2.60. The van der Waals surface area contributed by atoms with E-state index >= 15 is 0 Å². The number of nitriles is 1. The first kappa shape index (κ1) is 62.5. The zero-order valence-corrected chi connectivity index (χ0v) is 48.6. The van der Waals surface area contributed by atoms with Crippen LogP contribution in [-0.4, -0.2) is 225 Å². The number of fused-ring (bicyclic) bond motifs is 2. The lowest BCUT2D eigenvalue weighted by molar-refractivity contribution is -0.143. The number of likely N-dealkylation sites (tertiary alicyclic amines) is 1. The number of hydrogen-bond acceptors (Lipinski definition) is 16. The number of hydrogen-bond donors (Lipinski definition) is 4. The first-order valence-electron chi connectivity index (χ1n) is 29.2. The molecule has 442 valence electrons. The van der Waals surface area contributed by atoms with Gasteiger partial charge in [0.05, 0.1) is 62.0 Å². The van der Waals surface area contributed by atoms with Gasteiger partial charge in [0, 0.05) is 106 Å². The average molecular weight is 1140 g/mol. The summed E-state index contributed by atoms with van der Waals surface area (Å²) in [4.78, 5) is 90.4. The van der Waals surface area contributed by atoms with E-state index in [9.17, 15) is 44.6 Å². The van der Waals surface area contributed by atoms with E-state index in [1.54, 1.807) is 4.90 Å². The molecule has 6 atom stereocenters. The van der Waals surface area contributed by atoms with Crippen LogP contribution in [0.2, 0.25) is 5.02 Å². The maximum atomic E-state index is 14.0. The molecule has 3 fully saturated rings. The van der Waals surface area contributed by atoms with Gasteiger partial charge in [-0.3, -0.25) is 48.5 Å². The Morgan fingerprint density at radius 1 is 0.728 bits per heavy atom. The number of amides is 2. The van der Waals surface area contributed by atoms with Crippen LogP contribution in [0.25, 0.3) is 10.8 Å². The number of anilines is 2. The van der Waals surface area contributed by atoms with Crippen molar-refractivity contribution in [3.05, 3.63) is 65.3 Å². The highest BCUT2D eigenvalue weighted by Crippen LogP contribution is 2.38. The Labute approximate surface area is 482 Å². The van der Waals surface area contributed by atoms with Crippen LogP contribution in [0, 0.1) is 11.3 Å². The molecule has 0 bridgehead atoms. The summed E-state index contributed by atoms with van der Waals surface area (Å²) in [5.41, 5.74) is 2.91. The minimum atomic E-state index is -1.00. The van der Waals surface area contributed by atoms with Crippen molar-refractivity contribution >= 4 is 63.6 Å². The van der Waals surface area contributed by atoms with E-state index in [-0.39, 0.29) is 86.7 Å². The molecular weight excluding hydrogens is 1060 g/mol. The summed E-state index contributed by atoms with van der Waals surface area (Å²) in [6, 6.07) is 13.4. The number of carbonyl (C=O) groups excluding carboxylic acids is 2. The molecular formula is C59H85ClN12O9. The number of carbonyl (C=O) groups is 5. The number of carboxylic acid groups (broad SMARTS) is 3. The average Bonchev–Trinajstić information content (AvgIpc) is 3.93. The Kier molecular flexibility index (Phi) is 23.3. The van der Waals surface area contributed by atoms with Crippen LogP contribution in [0.15, 0.2) is 49.1 Å². The van der Waals surface area contributed by atoms with E-state index < -0.39 is 17.9 Å². The van der Waals surface area contributed by atoms with E-state index in [0.29, 0.717) is 109 Å². The first-order chi connectivity index (χ1) is 39.1. The Hall–Kier alpha value is -6.15.